The van der Waals surface area contributed by atoms with Crippen LogP contribution in [0.15, 0.2) is 59.5 Å². The van der Waals surface area contributed by atoms with E-state index in [9.17, 15) is 8.42 Å². The molecule has 4 aromatic rings. The molecular weight excluding hydrogens is 428 g/mol. The van der Waals surface area contributed by atoms with Crippen molar-refractivity contribution in [2.75, 3.05) is 7.05 Å². The summed E-state index contributed by atoms with van der Waals surface area (Å²) < 4.78 is 36.7. The summed E-state index contributed by atoms with van der Waals surface area (Å²) in [5.74, 6) is 0.420. The first-order valence-corrected chi connectivity index (χ1v) is 11.5. The molecule has 1 N–H and O–H groups in total. The molecule has 0 saturated carbocycles. The molecule has 166 valence electrons. The van der Waals surface area contributed by atoms with Gasteiger partial charge >= 0.3 is 0 Å². The van der Waals surface area contributed by atoms with Crippen molar-refractivity contribution in [2.45, 2.75) is 32.4 Å². The Labute approximate surface area is 186 Å². The van der Waals surface area contributed by atoms with Gasteiger partial charge < -0.3 is 4.74 Å². The standard InChI is InChI=1S/C22H24N6O3S/c1-15-12-16(2)27(25-15)14-31-21-11-10-20(32(29,30)23-4)22(24-21)28-17(3)13-19(26-28)18-8-6-5-7-9-18/h5-13,23H,14H2,1-4H3. The van der Waals surface area contributed by atoms with Crippen LogP contribution in [0.3, 0.4) is 0 Å². The number of sulfonamides is 1. The summed E-state index contributed by atoms with van der Waals surface area (Å²) >= 11 is 0. The first-order chi connectivity index (χ1) is 15.3. The normalized spacial score (nSPS) is 11.6. The highest BCUT2D eigenvalue weighted by atomic mass is 32.2. The van der Waals surface area contributed by atoms with Gasteiger partial charge in [-0.25, -0.2) is 22.5 Å². The maximum atomic E-state index is 12.7. The van der Waals surface area contributed by atoms with Crippen molar-refractivity contribution >= 4 is 10.0 Å². The molecule has 0 radical (unpaired) electrons. The van der Waals surface area contributed by atoms with Crippen molar-refractivity contribution in [3.8, 4) is 23.0 Å². The first kappa shape index (κ1) is 21.7. The van der Waals surface area contributed by atoms with Crippen molar-refractivity contribution in [1.82, 2.24) is 29.3 Å². The lowest BCUT2D eigenvalue weighted by Gasteiger charge is -2.13. The van der Waals surface area contributed by atoms with Crippen LogP contribution in [0.5, 0.6) is 5.88 Å². The Balaban J connectivity index is 1.76. The van der Waals surface area contributed by atoms with Gasteiger partial charge in [0.2, 0.25) is 15.9 Å². The Hall–Kier alpha value is -3.50. The Kier molecular flexibility index (Phi) is 5.81. The van der Waals surface area contributed by atoms with Gasteiger partial charge in [-0.1, -0.05) is 30.3 Å². The number of benzene rings is 1. The van der Waals surface area contributed by atoms with Gasteiger partial charge in [0.1, 0.15) is 4.90 Å². The molecule has 32 heavy (non-hydrogen) atoms. The summed E-state index contributed by atoms with van der Waals surface area (Å²) in [4.78, 5) is 4.50. The maximum absolute atomic E-state index is 12.7. The van der Waals surface area contributed by atoms with Crippen LogP contribution in [-0.4, -0.2) is 40.0 Å². The molecule has 0 aliphatic heterocycles. The van der Waals surface area contributed by atoms with Crippen LogP contribution in [0.2, 0.25) is 0 Å². The number of nitrogens with zero attached hydrogens (tertiary/aromatic N) is 5. The molecule has 10 heteroatoms. The largest absolute Gasteiger partial charge is 0.454 e. The van der Waals surface area contributed by atoms with E-state index in [0.717, 1.165) is 22.6 Å². The number of ether oxygens (including phenoxy) is 1. The molecular formula is C22H24N6O3S. The Morgan fingerprint density at radius 2 is 1.72 bits per heavy atom. The van der Waals surface area contributed by atoms with E-state index in [1.165, 1.54) is 23.9 Å². The van der Waals surface area contributed by atoms with Crippen molar-refractivity contribution in [2.24, 2.45) is 0 Å². The quantitative estimate of drug-likeness (QED) is 0.462. The predicted octanol–water partition coefficient (Wildman–Crippen LogP) is 3.00. The molecule has 0 aliphatic carbocycles. The van der Waals surface area contributed by atoms with Crippen molar-refractivity contribution in [1.29, 1.82) is 0 Å². The zero-order valence-electron chi connectivity index (χ0n) is 18.3. The van der Waals surface area contributed by atoms with Gasteiger partial charge in [0, 0.05) is 23.0 Å². The average molecular weight is 453 g/mol. The molecule has 0 fully saturated rings. The summed E-state index contributed by atoms with van der Waals surface area (Å²) in [6, 6.07) is 16.5. The molecule has 0 aliphatic rings. The van der Waals surface area contributed by atoms with Crippen LogP contribution in [0.25, 0.3) is 17.1 Å². The highest BCUT2D eigenvalue weighted by Gasteiger charge is 2.23. The van der Waals surface area contributed by atoms with Crippen LogP contribution in [0, 0.1) is 20.8 Å². The molecule has 0 amide bonds. The fourth-order valence-corrected chi connectivity index (χ4v) is 4.18. The van der Waals surface area contributed by atoms with Crippen LogP contribution < -0.4 is 9.46 Å². The smallest absolute Gasteiger partial charge is 0.244 e. The molecule has 0 spiro atoms. The second-order valence-electron chi connectivity index (χ2n) is 7.33. The molecule has 0 unspecified atom stereocenters. The van der Waals surface area contributed by atoms with Crippen LogP contribution in [0.1, 0.15) is 17.1 Å². The van der Waals surface area contributed by atoms with Gasteiger partial charge in [-0.15, -0.1) is 0 Å². The Bertz CT molecular complexity index is 1360. The molecule has 0 bridgehead atoms. The molecule has 3 heterocycles. The number of aromatic nitrogens is 5. The number of aryl methyl sites for hydroxylation is 3. The minimum absolute atomic E-state index is 0.00396. The van der Waals surface area contributed by atoms with Crippen LogP contribution >= 0.6 is 0 Å². The SMILES string of the molecule is CNS(=O)(=O)c1ccc(OCn2nc(C)cc2C)nc1-n1nc(-c2ccccc2)cc1C. The van der Waals surface area contributed by atoms with Crippen LogP contribution in [-0.2, 0) is 16.8 Å². The molecule has 9 nitrogen and oxygen atoms in total. The maximum Gasteiger partial charge on any atom is 0.244 e. The molecule has 0 atom stereocenters. The van der Waals surface area contributed by atoms with E-state index < -0.39 is 10.0 Å². The van der Waals surface area contributed by atoms with Crippen molar-refractivity contribution in [3.63, 3.8) is 0 Å². The zero-order valence-corrected chi connectivity index (χ0v) is 19.1. The lowest BCUT2D eigenvalue weighted by molar-refractivity contribution is 0.209. The van der Waals surface area contributed by atoms with Gasteiger partial charge in [-0.05, 0) is 46.0 Å². The van der Waals surface area contributed by atoms with Gasteiger partial charge in [-0.3, -0.25) is 0 Å². The van der Waals surface area contributed by atoms with E-state index in [1.807, 2.05) is 63.2 Å². The third-order valence-corrected chi connectivity index (χ3v) is 6.40. The van der Waals surface area contributed by atoms with Gasteiger partial charge in [0.05, 0.1) is 11.4 Å². The third-order valence-electron chi connectivity index (χ3n) is 4.97. The summed E-state index contributed by atoms with van der Waals surface area (Å²) in [6.45, 7) is 5.84. The van der Waals surface area contributed by atoms with E-state index in [0.29, 0.717) is 5.69 Å². The minimum atomic E-state index is -3.78. The topological polar surface area (TPSA) is 104 Å². The lowest BCUT2D eigenvalue weighted by Crippen LogP contribution is -2.22. The summed E-state index contributed by atoms with van der Waals surface area (Å²) in [5, 5.41) is 8.99. The number of nitrogens with one attached hydrogen (secondary N) is 1. The van der Waals surface area contributed by atoms with Crippen LogP contribution in [0.4, 0.5) is 0 Å². The first-order valence-electron chi connectivity index (χ1n) is 9.99. The molecule has 0 saturated heterocycles. The second-order valence-corrected chi connectivity index (χ2v) is 9.18. The highest BCUT2D eigenvalue weighted by molar-refractivity contribution is 7.89. The summed E-state index contributed by atoms with van der Waals surface area (Å²) in [7, 11) is -2.42. The number of pyridine rings is 1. The molecule has 1 aromatic carbocycles. The van der Waals surface area contributed by atoms with Gasteiger partial charge in [-0.2, -0.15) is 15.2 Å². The Morgan fingerprint density at radius 1 is 0.969 bits per heavy atom. The predicted molar refractivity (Wildman–Crippen MR) is 120 cm³/mol. The fraction of sp³-hybridized carbons (Fsp3) is 0.227. The van der Waals surface area contributed by atoms with E-state index in [2.05, 4.69) is 19.9 Å². The lowest BCUT2D eigenvalue weighted by atomic mass is 10.1. The fourth-order valence-electron chi connectivity index (χ4n) is 3.34. The van der Waals surface area contributed by atoms with Gasteiger partial charge in [0.15, 0.2) is 12.5 Å². The van der Waals surface area contributed by atoms with E-state index in [4.69, 9.17) is 4.74 Å². The Morgan fingerprint density at radius 3 is 2.38 bits per heavy atom. The number of rotatable bonds is 7. The van der Waals surface area contributed by atoms with E-state index in [-0.39, 0.29) is 23.3 Å². The second kappa shape index (κ2) is 8.56. The monoisotopic (exact) mass is 452 g/mol. The summed E-state index contributed by atoms with van der Waals surface area (Å²) in [6.07, 6.45) is 0. The van der Waals surface area contributed by atoms with Crippen molar-refractivity contribution in [3.05, 3.63) is 71.7 Å². The number of hydrogen-bond acceptors (Lipinski definition) is 6. The zero-order chi connectivity index (χ0) is 22.9. The minimum Gasteiger partial charge on any atom is -0.454 e. The molecule has 3 aromatic heterocycles. The highest BCUT2D eigenvalue weighted by Crippen LogP contribution is 2.26. The number of hydrogen-bond donors (Lipinski definition) is 1. The summed E-state index contributed by atoms with van der Waals surface area (Å²) in [5.41, 5.74) is 4.21. The third kappa shape index (κ3) is 4.27. The van der Waals surface area contributed by atoms with Crippen molar-refractivity contribution < 1.29 is 13.2 Å². The van der Waals surface area contributed by atoms with E-state index >= 15 is 0 Å². The van der Waals surface area contributed by atoms with E-state index in [1.54, 1.807) is 4.68 Å². The molecule has 4 rings (SSSR count). The average Bonchev–Trinajstić information content (AvgIpc) is 3.33. The van der Waals surface area contributed by atoms with Gasteiger partial charge in [0.25, 0.3) is 0 Å².